The zero-order chi connectivity index (χ0) is 24.4. The van der Waals surface area contributed by atoms with Gasteiger partial charge in [-0.25, -0.2) is 4.79 Å². The van der Waals surface area contributed by atoms with E-state index >= 15 is 0 Å². The number of amides is 2. The molecule has 0 bridgehead atoms. The molecule has 1 saturated carbocycles. The summed E-state index contributed by atoms with van der Waals surface area (Å²) in [5.74, 6) is -1.11. The number of carbonyl (C=O) groups excluding carboxylic acids is 2. The third-order valence-electron chi connectivity index (χ3n) is 7.85. The molecule has 1 aliphatic heterocycles. The number of alkyl carbamates (subject to hydrolysis) is 1. The van der Waals surface area contributed by atoms with Crippen LogP contribution >= 0.6 is 0 Å². The molecule has 3 aliphatic rings. The van der Waals surface area contributed by atoms with Gasteiger partial charge in [-0.2, -0.15) is 0 Å². The van der Waals surface area contributed by atoms with Crippen molar-refractivity contribution in [2.24, 2.45) is 0 Å². The van der Waals surface area contributed by atoms with Gasteiger partial charge in [0.1, 0.15) is 12.1 Å². The van der Waals surface area contributed by atoms with Crippen LogP contribution in [0.4, 0.5) is 4.79 Å². The molecule has 35 heavy (non-hydrogen) atoms. The number of fused-ring (bicyclic) bond motifs is 3. The molecule has 0 aromatic heterocycles. The van der Waals surface area contributed by atoms with Crippen LogP contribution in [-0.2, 0) is 14.3 Å². The quantitative estimate of drug-likeness (QED) is 0.630. The van der Waals surface area contributed by atoms with Gasteiger partial charge in [0.15, 0.2) is 0 Å². The van der Waals surface area contributed by atoms with Crippen molar-refractivity contribution < 1.29 is 24.2 Å². The number of aliphatic carboxylic acids is 1. The van der Waals surface area contributed by atoms with E-state index in [-0.39, 0.29) is 30.9 Å². The Hall–Kier alpha value is -3.35. The Bertz CT molecular complexity index is 1080. The molecule has 7 nitrogen and oxygen atoms in total. The molecule has 0 radical (unpaired) electrons. The molecule has 5 rings (SSSR count). The molecule has 2 fully saturated rings. The fourth-order valence-electron chi connectivity index (χ4n) is 6.17. The van der Waals surface area contributed by atoms with Crippen molar-refractivity contribution in [2.75, 3.05) is 13.2 Å². The first-order chi connectivity index (χ1) is 17.0. The third-order valence-corrected chi connectivity index (χ3v) is 7.85. The summed E-state index contributed by atoms with van der Waals surface area (Å²) < 4.78 is 5.76. The van der Waals surface area contributed by atoms with E-state index in [1.54, 1.807) is 4.90 Å². The first kappa shape index (κ1) is 23.4. The van der Waals surface area contributed by atoms with E-state index < -0.39 is 17.6 Å². The molecule has 1 heterocycles. The van der Waals surface area contributed by atoms with Crippen molar-refractivity contribution in [3.8, 4) is 11.1 Å². The molecule has 2 aliphatic carbocycles. The van der Waals surface area contributed by atoms with Crippen molar-refractivity contribution in [1.82, 2.24) is 10.2 Å². The Labute approximate surface area is 205 Å². The number of hydrogen-bond acceptors (Lipinski definition) is 4. The highest BCUT2D eigenvalue weighted by molar-refractivity contribution is 5.91. The van der Waals surface area contributed by atoms with E-state index in [0.29, 0.717) is 25.8 Å². The molecule has 2 N–H and O–H groups in total. The van der Waals surface area contributed by atoms with Crippen molar-refractivity contribution in [3.63, 3.8) is 0 Å². The van der Waals surface area contributed by atoms with E-state index in [9.17, 15) is 19.5 Å². The number of carboxylic acids is 1. The zero-order valence-electron chi connectivity index (χ0n) is 19.9. The van der Waals surface area contributed by atoms with E-state index in [2.05, 4.69) is 29.6 Å². The number of hydrogen-bond donors (Lipinski definition) is 2. The highest BCUT2D eigenvalue weighted by atomic mass is 16.5. The fourth-order valence-corrected chi connectivity index (χ4v) is 6.17. The molecule has 184 valence electrons. The zero-order valence-corrected chi connectivity index (χ0v) is 19.9. The number of ether oxygens (including phenoxy) is 1. The maximum absolute atomic E-state index is 13.7. The van der Waals surface area contributed by atoms with Crippen molar-refractivity contribution in [3.05, 3.63) is 59.7 Å². The standard InChI is InChI=1S/C28H32N2O5/c31-25(32)17-19-9-8-16-30(19)26(33)28(14-6-1-7-15-28)29-27(34)35-18-24-22-12-4-2-10-20(22)21-11-3-5-13-23(21)24/h2-5,10-13,19,24H,1,6-9,14-18H2,(H,29,34)(H,31,32)/t19-/m1/s1. The van der Waals surface area contributed by atoms with E-state index in [1.165, 1.54) is 0 Å². The summed E-state index contributed by atoms with van der Waals surface area (Å²) in [6.07, 6.45) is 4.60. The van der Waals surface area contributed by atoms with Crippen LogP contribution in [-0.4, -0.2) is 52.7 Å². The second-order valence-electron chi connectivity index (χ2n) is 9.99. The lowest BCUT2D eigenvalue weighted by molar-refractivity contribution is -0.143. The summed E-state index contributed by atoms with van der Waals surface area (Å²) in [5, 5.41) is 12.2. The van der Waals surface area contributed by atoms with Crippen LogP contribution in [0.5, 0.6) is 0 Å². The molecule has 1 atom stereocenters. The van der Waals surface area contributed by atoms with Crippen LogP contribution in [0.15, 0.2) is 48.5 Å². The third kappa shape index (κ3) is 4.51. The van der Waals surface area contributed by atoms with Gasteiger partial charge in [0, 0.05) is 18.5 Å². The van der Waals surface area contributed by atoms with Gasteiger partial charge in [-0.3, -0.25) is 9.59 Å². The number of benzene rings is 2. The Morgan fingerprint density at radius 3 is 2.20 bits per heavy atom. The highest BCUT2D eigenvalue weighted by Gasteiger charge is 2.46. The first-order valence-corrected chi connectivity index (χ1v) is 12.6. The lowest BCUT2D eigenvalue weighted by Crippen LogP contribution is -2.61. The van der Waals surface area contributed by atoms with Crippen molar-refractivity contribution in [1.29, 1.82) is 0 Å². The average Bonchev–Trinajstić information content (AvgIpc) is 3.45. The Balaban J connectivity index is 1.30. The topological polar surface area (TPSA) is 95.9 Å². The van der Waals surface area contributed by atoms with Gasteiger partial charge in [-0.15, -0.1) is 0 Å². The van der Waals surface area contributed by atoms with Gasteiger partial charge < -0.3 is 20.1 Å². The molecule has 7 heteroatoms. The normalized spacial score (nSPS) is 20.7. The van der Waals surface area contributed by atoms with Gasteiger partial charge in [-0.05, 0) is 47.9 Å². The summed E-state index contributed by atoms with van der Waals surface area (Å²) in [6, 6.07) is 16.0. The van der Waals surface area contributed by atoms with Gasteiger partial charge in [0.05, 0.1) is 6.42 Å². The average molecular weight is 477 g/mol. The minimum atomic E-state index is -1.03. The predicted octanol–water partition coefficient (Wildman–Crippen LogP) is 4.69. The van der Waals surface area contributed by atoms with Crippen LogP contribution in [0, 0.1) is 0 Å². The summed E-state index contributed by atoms with van der Waals surface area (Å²) >= 11 is 0. The molecule has 0 spiro atoms. The van der Waals surface area contributed by atoms with E-state index in [0.717, 1.165) is 47.9 Å². The number of carboxylic acid groups (broad SMARTS) is 1. The summed E-state index contributed by atoms with van der Waals surface area (Å²) in [6.45, 7) is 0.723. The second-order valence-corrected chi connectivity index (χ2v) is 9.99. The van der Waals surface area contributed by atoms with Gasteiger partial charge in [0.25, 0.3) is 0 Å². The number of nitrogens with one attached hydrogen (secondary N) is 1. The maximum atomic E-state index is 13.7. The van der Waals surface area contributed by atoms with E-state index in [1.807, 2.05) is 24.3 Å². The van der Waals surface area contributed by atoms with Crippen LogP contribution in [0.1, 0.15) is 68.4 Å². The summed E-state index contributed by atoms with van der Waals surface area (Å²) in [4.78, 5) is 39.8. The summed E-state index contributed by atoms with van der Waals surface area (Å²) in [5.41, 5.74) is 3.57. The molecule has 2 amide bonds. The number of nitrogens with zero attached hydrogens (tertiary/aromatic N) is 1. The minimum Gasteiger partial charge on any atom is -0.481 e. The molecule has 2 aromatic carbocycles. The van der Waals surface area contributed by atoms with Crippen molar-refractivity contribution in [2.45, 2.75) is 68.9 Å². The molecule has 2 aromatic rings. The monoisotopic (exact) mass is 476 g/mol. The largest absolute Gasteiger partial charge is 0.481 e. The van der Waals surface area contributed by atoms with Crippen LogP contribution in [0.25, 0.3) is 11.1 Å². The molecular weight excluding hydrogens is 444 g/mol. The lowest BCUT2D eigenvalue weighted by Gasteiger charge is -2.40. The van der Waals surface area contributed by atoms with Crippen LogP contribution in [0.3, 0.4) is 0 Å². The SMILES string of the molecule is O=C(O)C[C@H]1CCCN1C(=O)C1(NC(=O)OCC2c3ccccc3-c3ccccc32)CCCCC1. The highest BCUT2D eigenvalue weighted by Crippen LogP contribution is 2.44. The number of likely N-dealkylation sites (tertiary alicyclic amines) is 1. The second kappa shape index (κ2) is 9.72. The minimum absolute atomic E-state index is 0.0512. The first-order valence-electron chi connectivity index (χ1n) is 12.6. The summed E-state index contributed by atoms with van der Waals surface area (Å²) in [7, 11) is 0. The smallest absolute Gasteiger partial charge is 0.408 e. The van der Waals surface area contributed by atoms with Gasteiger partial charge in [0.2, 0.25) is 5.91 Å². The molecule has 0 unspecified atom stereocenters. The van der Waals surface area contributed by atoms with Gasteiger partial charge in [-0.1, -0.05) is 67.8 Å². The fraction of sp³-hybridized carbons (Fsp3) is 0.464. The Kier molecular flexibility index (Phi) is 6.50. The Morgan fingerprint density at radius 2 is 1.57 bits per heavy atom. The van der Waals surface area contributed by atoms with Crippen molar-refractivity contribution >= 4 is 18.0 Å². The molecular formula is C28H32N2O5. The number of rotatable bonds is 6. The van der Waals surface area contributed by atoms with E-state index in [4.69, 9.17) is 4.74 Å². The van der Waals surface area contributed by atoms with Gasteiger partial charge >= 0.3 is 12.1 Å². The molecule has 1 saturated heterocycles. The predicted molar refractivity (Wildman–Crippen MR) is 131 cm³/mol. The maximum Gasteiger partial charge on any atom is 0.408 e. The lowest BCUT2D eigenvalue weighted by atomic mass is 9.80. The van der Waals surface area contributed by atoms with Crippen LogP contribution in [0.2, 0.25) is 0 Å². The number of carbonyl (C=O) groups is 3. The Morgan fingerprint density at radius 1 is 0.943 bits per heavy atom. The van der Waals surface area contributed by atoms with Crippen LogP contribution < -0.4 is 5.32 Å².